The van der Waals surface area contributed by atoms with Gasteiger partial charge in [-0.15, -0.1) is 24.0 Å². The van der Waals surface area contributed by atoms with E-state index in [1.807, 2.05) is 12.1 Å². The monoisotopic (exact) mass is 548 g/mol. The van der Waals surface area contributed by atoms with Crippen LogP contribution in [-0.2, 0) is 4.74 Å². The third-order valence-electron chi connectivity index (χ3n) is 5.99. The van der Waals surface area contributed by atoms with Crippen LogP contribution in [0.2, 0.25) is 0 Å². The molecule has 0 saturated carbocycles. The molecule has 0 spiro atoms. The molecule has 0 radical (unpaired) electrons. The fourth-order valence-corrected chi connectivity index (χ4v) is 4.06. The minimum atomic E-state index is -0.209. The summed E-state index contributed by atoms with van der Waals surface area (Å²) in [6, 6.07) is 7.38. The van der Waals surface area contributed by atoms with Crippen molar-refractivity contribution in [1.82, 2.24) is 25.3 Å². The summed E-state index contributed by atoms with van der Waals surface area (Å²) in [4.78, 5) is 12.1. The number of aliphatic imine (C=N–C) groups is 1. The fraction of sp³-hybridized carbons (Fsp3) is 0.682. The first-order valence-electron chi connectivity index (χ1n) is 11.0. The lowest BCUT2D eigenvalue weighted by Gasteiger charge is -2.38. The van der Waals surface area contributed by atoms with E-state index in [1.54, 1.807) is 0 Å². The first-order valence-corrected chi connectivity index (χ1v) is 11.0. The van der Waals surface area contributed by atoms with Crippen molar-refractivity contribution in [2.45, 2.75) is 19.0 Å². The van der Waals surface area contributed by atoms with Crippen molar-refractivity contribution >= 4 is 29.9 Å². The summed E-state index contributed by atoms with van der Waals surface area (Å²) in [5, 5.41) is 6.90. The Morgan fingerprint density at radius 1 is 1.13 bits per heavy atom. The maximum absolute atomic E-state index is 13.5. The molecule has 0 amide bonds. The van der Waals surface area contributed by atoms with Crippen LogP contribution in [0.15, 0.2) is 29.3 Å². The molecule has 2 atom stereocenters. The number of rotatable bonds is 7. The second-order valence-corrected chi connectivity index (χ2v) is 8.21. The predicted octanol–water partition coefficient (Wildman–Crippen LogP) is 1.62. The highest BCUT2D eigenvalue weighted by atomic mass is 127. The van der Waals surface area contributed by atoms with E-state index in [2.05, 4.69) is 46.4 Å². The van der Waals surface area contributed by atoms with E-state index >= 15 is 0 Å². The van der Waals surface area contributed by atoms with Crippen molar-refractivity contribution in [2.24, 2.45) is 4.99 Å². The number of piperazine rings is 1. The molecule has 0 bridgehead atoms. The lowest BCUT2D eigenvalue weighted by atomic mass is 10.0. The molecule has 1 aromatic carbocycles. The van der Waals surface area contributed by atoms with Crippen LogP contribution >= 0.6 is 24.0 Å². The molecule has 2 N–H and O–H groups in total. The molecular weight excluding hydrogens is 510 g/mol. The second kappa shape index (κ2) is 13.5. The van der Waals surface area contributed by atoms with Crippen molar-refractivity contribution in [3.8, 4) is 0 Å². The van der Waals surface area contributed by atoms with Crippen LogP contribution in [0.3, 0.4) is 0 Å². The number of nitrogens with one attached hydrogen (secondary N) is 2. The number of likely N-dealkylation sites (N-methyl/N-ethyl adjacent to an activating group) is 2. The van der Waals surface area contributed by atoms with Crippen molar-refractivity contribution < 1.29 is 9.13 Å². The molecule has 2 aliphatic rings. The van der Waals surface area contributed by atoms with Crippen LogP contribution in [0, 0.1) is 5.82 Å². The van der Waals surface area contributed by atoms with Gasteiger partial charge in [-0.2, -0.15) is 0 Å². The average molecular weight is 548 g/mol. The summed E-state index contributed by atoms with van der Waals surface area (Å²) in [7, 11) is 4.36. The van der Waals surface area contributed by atoms with Crippen LogP contribution in [0.1, 0.15) is 18.5 Å². The predicted molar refractivity (Wildman–Crippen MR) is 135 cm³/mol. The molecular formula is C22H38FIN6O. The number of hydrogen-bond acceptors (Lipinski definition) is 5. The molecule has 7 nitrogen and oxygen atoms in total. The third-order valence-corrected chi connectivity index (χ3v) is 5.99. The Labute approximate surface area is 203 Å². The van der Waals surface area contributed by atoms with Gasteiger partial charge >= 0.3 is 0 Å². The summed E-state index contributed by atoms with van der Waals surface area (Å²) in [5.74, 6) is 0.624. The van der Waals surface area contributed by atoms with E-state index in [1.165, 1.54) is 12.1 Å². The number of halogens is 2. The molecule has 2 aliphatic heterocycles. The summed E-state index contributed by atoms with van der Waals surface area (Å²) in [5.41, 5.74) is 1.09. The molecule has 2 saturated heterocycles. The zero-order valence-corrected chi connectivity index (χ0v) is 21.3. The molecule has 3 rings (SSSR count). The number of benzene rings is 1. The Morgan fingerprint density at radius 2 is 1.84 bits per heavy atom. The summed E-state index contributed by atoms with van der Waals surface area (Å²) >= 11 is 0. The number of nitrogens with zero attached hydrogens (tertiary/aromatic N) is 4. The first-order chi connectivity index (χ1) is 14.6. The first kappa shape index (κ1) is 26.2. The topological polar surface area (TPSA) is 55.4 Å². The van der Waals surface area contributed by atoms with Gasteiger partial charge < -0.3 is 20.3 Å². The molecule has 2 unspecified atom stereocenters. The Hall–Kier alpha value is -1.01. The van der Waals surface area contributed by atoms with Crippen LogP contribution in [-0.4, -0.2) is 106 Å². The Bertz CT molecular complexity index is 670. The van der Waals surface area contributed by atoms with Crippen molar-refractivity contribution in [3.05, 3.63) is 35.6 Å². The number of ether oxygens (including phenoxy) is 1. The molecule has 0 aromatic heterocycles. The van der Waals surface area contributed by atoms with E-state index in [9.17, 15) is 4.39 Å². The van der Waals surface area contributed by atoms with Gasteiger partial charge in [-0.1, -0.05) is 12.1 Å². The van der Waals surface area contributed by atoms with Crippen molar-refractivity contribution in [1.29, 1.82) is 0 Å². The standard InChI is InChI=1S/C22H37FN6O.HI/c1-4-24-22(25-15-20-17-27(2)9-10-28(20)3)26-16-21(29-11-13-30-14-12-29)18-5-7-19(23)8-6-18;/h5-8,20-21H,4,9-17H2,1-3H3,(H2,24,25,26);1H. The highest BCUT2D eigenvalue weighted by Gasteiger charge is 2.24. The van der Waals surface area contributed by atoms with E-state index in [4.69, 9.17) is 9.73 Å². The number of guanidine groups is 1. The average Bonchev–Trinajstić information content (AvgIpc) is 2.76. The van der Waals surface area contributed by atoms with E-state index < -0.39 is 0 Å². The highest BCUT2D eigenvalue weighted by molar-refractivity contribution is 14.0. The van der Waals surface area contributed by atoms with Crippen LogP contribution in [0.5, 0.6) is 0 Å². The summed E-state index contributed by atoms with van der Waals surface area (Å²) < 4.78 is 19.0. The zero-order chi connectivity index (χ0) is 21.3. The lowest BCUT2D eigenvalue weighted by molar-refractivity contribution is 0.0179. The van der Waals surface area contributed by atoms with Gasteiger partial charge in [0.25, 0.3) is 0 Å². The van der Waals surface area contributed by atoms with Crippen LogP contribution in [0.25, 0.3) is 0 Å². The van der Waals surface area contributed by atoms with E-state index in [-0.39, 0.29) is 35.8 Å². The summed E-state index contributed by atoms with van der Waals surface area (Å²) in [6.45, 7) is 10.8. The SMILES string of the molecule is CCNC(=NCC(c1ccc(F)cc1)N1CCOCC1)NCC1CN(C)CCN1C.I. The van der Waals surface area contributed by atoms with Gasteiger partial charge in [0.05, 0.1) is 25.8 Å². The lowest BCUT2D eigenvalue weighted by Crippen LogP contribution is -2.55. The fourth-order valence-electron chi connectivity index (χ4n) is 4.06. The normalized spacial score (nSPS) is 22.6. The van der Waals surface area contributed by atoms with Gasteiger partial charge in [0.1, 0.15) is 5.82 Å². The molecule has 2 heterocycles. The minimum Gasteiger partial charge on any atom is -0.379 e. The van der Waals surface area contributed by atoms with E-state index in [0.717, 1.165) is 70.6 Å². The minimum absolute atomic E-state index is 0. The second-order valence-electron chi connectivity index (χ2n) is 8.21. The molecule has 1 aromatic rings. The highest BCUT2D eigenvalue weighted by Crippen LogP contribution is 2.22. The molecule has 176 valence electrons. The van der Waals surface area contributed by atoms with Gasteiger partial charge in [-0.05, 0) is 38.7 Å². The van der Waals surface area contributed by atoms with Gasteiger partial charge in [0, 0.05) is 51.9 Å². The Balaban J connectivity index is 0.00000341. The number of morpholine rings is 1. The van der Waals surface area contributed by atoms with Gasteiger partial charge in [0.2, 0.25) is 0 Å². The summed E-state index contributed by atoms with van der Waals surface area (Å²) in [6.07, 6.45) is 0. The third kappa shape index (κ3) is 8.12. The smallest absolute Gasteiger partial charge is 0.191 e. The van der Waals surface area contributed by atoms with Gasteiger partial charge in [0.15, 0.2) is 5.96 Å². The molecule has 0 aliphatic carbocycles. The zero-order valence-electron chi connectivity index (χ0n) is 19.0. The number of hydrogen-bond donors (Lipinski definition) is 2. The quantitative estimate of drug-likeness (QED) is 0.307. The van der Waals surface area contributed by atoms with Crippen LogP contribution < -0.4 is 10.6 Å². The van der Waals surface area contributed by atoms with E-state index in [0.29, 0.717) is 12.6 Å². The van der Waals surface area contributed by atoms with Gasteiger partial charge in [-0.3, -0.25) is 14.8 Å². The maximum atomic E-state index is 13.5. The maximum Gasteiger partial charge on any atom is 0.191 e. The van der Waals surface area contributed by atoms with Crippen molar-refractivity contribution in [2.75, 3.05) is 79.7 Å². The molecule has 31 heavy (non-hydrogen) atoms. The largest absolute Gasteiger partial charge is 0.379 e. The van der Waals surface area contributed by atoms with Gasteiger partial charge in [-0.25, -0.2) is 4.39 Å². The Kier molecular flexibility index (Phi) is 11.4. The van der Waals surface area contributed by atoms with Crippen LogP contribution in [0.4, 0.5) is 4.39 Å². The Morgan fingerprint density at radius 3 is 2.52 bits per heavy atom. The molecule has 9 heteroatoms. The van der Waals surface area contributed by atoms with Crippen molar-refractivity contribution in [3.63, 3.8) is 0 Å². The molecule has 2 fully saturated rings.